The van der Waals surface area contributed by atoms with E-state index in [-0.39, 0.29) is 11.4 Å². The number of anilines is 2. The number of para-hydroxylation sites is 2. The maximum Gasteiger partial charge on any atom is 0.418 e. The molecule has 2 aliphatic heterocycles. The Balaban J connectivity index is 0.000000336. The quantitative estimate of drug-likeness (QED) is 0.183. The maximum atomic E-state index is 12.7. The molecule has 4 rings (SSSR count). The van der Waals surface area contributed by atoms with Crippen molar-refractivity contribution in [2.75, 3.05) is 23.9 Å². The minimum absolute atomic E-state index is 0.00889. The Bertz CT molecular complexity index is 952. The van der Waals surface area contributed by atoms with Crippen molar-refractivity contribution in [3.05, 3.63) is 72.8 Å². The number of hydrogen-bond acceptors (Lipinski definition) is 6. The van der Waals surface area contributed by atoms with E-state index in [2.05, 4.69) is 44.8 Å². The zero-order chi connectivity index (χ0) is 28.6. The minimum Gasteiger partial charge on any atom is -0.299 e. The average molecular weight is 545 g/mol. The molecule has 0 atom stereocenters. The van der Waals surface area contributed by atoms with E-state index in [9.17, 15) is 26.3 Å². The Labute approximate surface area is 219 Å². The van der Waals surface area contributed by atoms with Crippen molar-refractivity contribution < 1.29 is 26.3 Å². The molecule has 38 heavy (non-hydrogen) atoms. The third-order valence-electron chi connectivity index (χ3n) is 4.90. The predicted molar refractivity (Wildman–Crippen MR) is 142 cm³/mol. The van der Waals surface area contributed by atoms with Crippen molar-refractivity contribution in [1.29, 1.82) is 0 Å². The molecule has 0 aromatic heterocycles. The lowest BCUT2D eigenvalue weighted by Gasteiger charge is -2.15. The van der Waals surface area contributed by atoms with E-state index in [1.807, 2.05) is 13.8 Å². The van der Waals surface area contributed by atoms with Gasteiger partial charge in [0, 0.05) is 25.9 Å². The molecule has 0 saturated carbocycles. The van der Waals surface area contributed by atoms with Crippen molar-refractivity contribution >= 4 is 23.0 Å². The molecule has 210 valence electrons. The lowest BCUT2D eigenvalue weighted by molar-refractivity contribution is -0.137. The summed E-state index contributed by atoms with van der Waals surface area (Å²) in [4.78, 5) is 8.21. The fraction of sp³-hybridized carbons (Fsp3) is 0.385. The lowest BCUT2D eigenvalue weighted by Crippen LogP contribution is -2.29. The first kappa shape index (κ1) is 32.3. The normalized spacial score (nSPS) is 14.2. The SMILES string of the molecule is C=C.CC.FC(F)(F)c1ccccc1NNC1=NCCC1.FC(F)(F)c1ccccc1NNC1=NCCC1. The van der Waals surface area contributed by atoms with E-state index >= 15 is 0 Å². The van der Waals surface area contributed by atoms with Gasteiger partial charge < -0.3 is 0 Å². The smallest absolute Gasteiger partial charge is 0.299 e. The molecular formula is C26H34F6N6. The van der Waals surface area contributed by atoms with Crippen LogP contribution in [0.5, 0.6) is 0 Å². The second kappa shape index (κ2) is 16.2. The standard InChI is InChI=1S/2C11H12F3N3.C2H6.C2H4/c2*12-11(13,14)8-4-1-2-5-9(8)16-17-10-6-3-7-15-10;2*1-2/h2*1-2,4-5,16H,3,6-7H2,(H,15,17);1-2H3;1-2H2. The number of hydrogen-bond donors (Lipinski definition) is 4. The molecule has 0 amide bonds. The van der Waals surface area contributed by atoms with Crippen LogP contribution in [0.4, 0.5) is 37.7 Å². The first-order chi connectivity index (χ1) is 18.1. The Morgan fingerprint density at radius 3 is 1.24 bits per heavy atom. The molecule has 0 saturated heterocycles. The molecule has 0 spiro atoms. The molecule has 2 aromatic rings. The number of amidine groups is 2. The lowest BCUT2D eigenvalue weighted by atomic mass is 10.2. The highest BCUT2D eigenvalue weighted by Crippen LogP contribution is 2.35. The molecule has 0 radical (unpaired) electrons. The van der Waals surface area contributed by atoms with Crippen molar-refractivity contribution in [2.24, 2.45) is 9.98 Å². The summed E-state index contributed by atoms with van der Waals surface area (Å²) in [5.41, 5.74) is 9.18. The zero-order valence-corrected chi connectivity index (χ0v) is 21.4. The molecular weight excluding hydrogens is 510 g/mol. The monoisotopic (exact) mass is 544 g/mol. The number of benzene rings is 2. The van der Waals surface area contributed by atoms with Gasteiger partial charge >= 0.3 is 12.4 Å². The van der Waals surface area contributed by atoms with E-state index in [1.165, 1.54) is 24.3 Å². The molecule has 2 aliphatic rings. The second-order valence-corrected chi connectivity index (χ2v) is 7.45. The molecule has 12 heteroatoms. The summed E-state index contributed by atoms with van der Waals surface area (Å²) in [5.74, 6) is 1.39. The third-order valence-corrected chi connectivity index (χ3v) is 4.90. The van der Waals surface area contributed by atoms with Gasteiger partial charge in [-0.1, -0.05) is 38.1 Å². The van der Waals surface area contributed by atoms with Gasteiger partial charge in [-0.3, -0.25) is 31.7 Å². The second-order valence-electron chi connectivity index (χ2n) is 7.45. The van der Waals surface area contributed by atoms with Gasteiger partial charge in [0.15, 0.2) is 0 Å². The number of nitrogens with zero attached hydrogens (tertiary/aromatic N) is 2. The maximum absolute atomic E-state index is 12.7. The van der Waals surface area contributed by atoms with Crippen LogP contribution in [0.15, 0.2) is 71.7 Å². The number of rotatable bonds is 4. The highest BCUT2D eigenvalue weighted by atomic mass is 19.4. The Morgan fingerprint density at radius 1 is 0.605 bits per heavy atom. The molecule has 4 N–H and O–H groups in total. The molecule has 6 nitrogen and oxygen atoms in total. The summed E-state index contributed by atoms with van der Waals surface area (Å²) >= 11 is 0. The molecule has 2 heterocycles. The van der Waals surface area contributed by atoms with Gasteiger partial charge in [-0.15, -0.1) is 13.2 Å². The molecule has 2 aromatic carbocycles. The van der Waals surface area contributed by atoms with Crippen LogP contribution < -0.4 is 21.7 Å². The average Bonchev–Trinajstić information content (AvgIpc) is 3.63. The molecule has 0 aliphatic carbocycles. The minimum atomic E-state index is -4.36. The summed E-state index contributed by atoms with van der Waals surface area (Å²) in [6.07, 6.45) is -5.32. The summed E-state index contributed by atoms with van der Waals surface area (Å²) in [6.45, 7) is 11.5. The van der Waals surface area contributed by atoms with Crippen molar-refractivity contribution in [1.82, 2.24) is 10.9 Å². The largest absolute Gasteiger partial charge is 0.418 e. The van der Waals surface area contributed by atoms with Gasteiger partial charge in [0.05, 0.1) is 22.5 Å². The fourth-order valence-electron chi connectivity index (χ4n) is 3.24. The number of hydrazine groups is 2. The summed E-state index contributed by atoms with van der Waals surface area (Å²) in [5, 5.41) is 0. The van der Waals surface area contributed by atoms with Crippen molar-refractivity contribution in [3.63, 3.8) is 0 Å². The molecule has 0 unspecified atom stereocenters. The van der Waals surface area contributed by atoms with Crippen LogP contribution in [0.1, 0.15) is 50.7 Å². The summed E-state index contributed by atoms with van der Waals surface area (Å²) < 4.78 is 75.9. The Kier molecular flexibility index (Phi) is 13.8. The number of aliphatic imine (C=N–C) groups is 2. The van der Waals surface area contributed by atoms with Crippen LogP contribution in [0.25, 0.3) is 0 Å². The van der Waals surface area contributed by atoms with Gasteiger partial charge in [-0.05, 0) is 37.1 Å². The fourth-order valence-corrected chi connectivity index (χ4v) is 3.24. The summed E-state index contributed by atoms with van der Waals surface area (Å²) in [7, 11) is 0. The van der Waals surface area contributed by atoms with Crippen LogP contribution in [-0.2, 0) is 12.4 Å². The van der Waals surface area contributed by atoms with E-state index in [0.717, 1.165) is 50.9 Å². The Hall–Kier alpha value is -3.70. The van der Waals surface area contributed by atoms with Crippen LogP contribution in [0.2, 0.25) is 0 Å². The first-order valence-corrected chi connectivity index (χ1v) is 12.1. The topological polar surface area (TPSA) is 72.8 Å². The molecule has 0 bridgehead atoms. The van der Waals surface area contributed by atoms with Gasteiger partial charge in [-0.25, -0.2) is 0 Å². The van der Waals surface area contributed by atoms with Gasteiger partial charge in [0.25, 0.3) is 0 Å². The van der Waals surface area contributed by atoms with E-state index in [4.69, 9.17) is 0 Å². The zero-order valence-electron chi connectivity index (χ0n) is 21.4. The number of halogens is 6. The van der Waals surface area contributed by atoms with Crippen LogP contribution in [0.3, 0.4) is 0 Å². The van der Waals surface area contributed by atoms with Crippen molar-refractivity contribution in [2.45, 2.75) is 51.9 Å². The van der Waals surface area contributed by atoms with E-state index in [0.29, 0.717) is 11.7 Å². The van der Waals surface area contributed by atoms with Crippen LogP contribution >= 0.6 is 0 Å². The van der Waals surface area contributed by atoms with Crippen LogP contribution in [-0.4, -0.2) is 24.8 Å². The highest BCUT2D eigenvalue weighted by molar-refractivity contribution is 5.85. The van der Waals surface area contributed by atoms with Crippen LogP contribution in [0, 0.1) is 0 Å². The highest BCUT2D eigenvalue weighted by Gasteiger charge is 2.34. The number of alkyl halides is 6. The first-order valence-electron chi connectivity index (χ1n) is 12.1. The van der Waals surface area contributed by atoms with Gasteiger partial charge in [-0.2, -0.15) is 26.3 Å². The predicted octanol–water partition coefficient (Wildman–Crippen LogP) is 7.46. The van der Waals surface area contributed by atoms with Crippen molar-refractivity contribution in [3.8, 4) is 0 Å². The Morgan fingerprint density at radius 2 is 0.947 bits per heavy atom. The number of nitrogens with one attached hydrogen (secondary N) is 4. The van der Waals surface area contributed by atoms with Gasteiger partial charge in [0.1, 0.15) is 11.7 Å². The third kappa shape index (κ3) is 10.7. The molecule has 0 fully saturated rings. The summed E-state index contributed by atoms with van der Waals surface area (Å²) in [6, 6.07) is 10.7. The van der Waals surface area contributed by atoms with Gasteiger partial charge in [0.2, 0.25) is 0 Å². The van der Waals surface area contributed by atoms with E-state index in [1.54, 1.807) is 12.1 Å². The van der Waals surface area contributed by atoms with E-state index < -0.39 is 23.5 Å².